The normalized spacial score (nSPS) is 22.4. The molecule has 2 heterocycles. The summed E-state index contributed by atoms with van der Waals surface area (Å²) in [5, 5.41) is 3.57. The first-order valence-corrected chi connectivity index (χ1v) is 7.34. The molecule has 1 saturated carbocycles. The quantitative estimate of drug-likeness (QED) is 0.878. The van der Waals surface area contributed by atoms with Crippen molar-refractivity contribution in [3.8, 4) is 0 Å². The summed E-state index contributed by atoms with van der Waals surface area (Å²) >= 11 is 0. The first-order valence-electron chi connectivity index (χ1n) is 7.34. The van der Waals surface area contributed by atoms with Crippen LogP contribution in [0.5, 0.6) is 0 Å². The van der Waals surface area contributed by atoms with Gasteiger partial charge in [0.1, 0.15) is 0 Å². The Balaban J connectivity index is 1.57. The number of anilines is 1. The van der Waals surface area contributed by atoms with Crippen molar-refractivity contribution in [1.82, 2.24) is 14.5 Å². The van der Waals surface area contributed by atoms with Gasteiger partial charge in [-0.15, -0.1) is 0 Å². The Morgan fingerprint density at radius 2 is 2.16 bits per heavy atom. The van der Waals surface area contributed by atoms with Crippen molar-refractivity contribution in [3.05, 3.63) is 11.9 Å². The van der Waals surface area contributed by atoms with Gasteiger partial charge in [0.05, 0.1) is 18.9 Å². The second-order valence-electron chi connectivity index (χ2n) is 5.80. The van der Waals surface area contributed by atoms with Crippen LogP contribution in [0.15, 0.2) is 6.20 Å². The number of imidazole rings is 1. The van der Waals surface area contributed by atoms with Crippen molar-refractivity contribution >= 4 is 5.95 Å². The number of hydrogen-bond acceptors (Lipinski definition) is 4. The fourth-order valence-electron chi connectivity index (χ4n) is 2.69. The smallest absolute Gasteiger partial charge is 0.203 e. The highest BCUT2D eigenvalue weighted by Crippen LogP contribution is 2.37. The number of morpholine rings is 1. The largest absolute Gasteiger partial charge is 0.379 e. The summed E-state index contributed by atoms with van der Waals surface area (Å²) in [7, 11) is 0. The van der Waals surface area contributed by atoms with Gasteiger partial charge in [-0.1, -0.05) is 0 Å². The molecule has 1 aliphatic carbocycles. The lowest BCUT2D eigenvalue weighted by molar-refractivity contribution is 0.0367. The number of nitrogens with zero attached hydrogens (tertiary/aromatic N) is 3. The fraction of sp³-hybridized carbons (Fsp3) is 0.786. The molecule has 0 spiro atoms. The van der Waals surface area contributed by atoms with Gasteiger partial charge in [-0.25, -0.2) is 4.98 Å². The zero-order chi connectivity index (χ0) is 13.2. The van der Waals surface area contributed by atoms with Gasteiger partial charge < -0.3 is 14.6 Å². The molecule has 0 bridgehead atoms. The Morgan fingerprint density at radius 3 is 2.84 bits per heavy atom. The maximum atomic E-state index is 5.38. The summed E-state index contributed by atoms with van der Waals surface area (Å²) in [5.74, 6) is 1.04. The second kappa shape index (κ2) is 5.51. The van der Waals surface area contributed by atoms with E-state index in [4.69, 9.17) is 4.74 Å². The fourth-order valence-corrected chi connectivity index (χ4v) is 2.69. The summed E-state index contributed by atoms with van der Waals surface area (Å²) in [4.78, 5) is 7.07. The molecule has 106 valence electrons. The molecule has 1 N–H and O–H groups in total. The van der Waals surface area contributed by atoms with E-state index in [-0.39, 0.29) is 0 Å². The zero-order valence-corrected chi connectivity index (χ0v) is 11.9. The van der Waals surface area contributed by atoms with E-state index in [1.165, 1.54) is 12.8 Å². The first-order chi connectivity index (χ1) is 9.22. The maximum Gasteiger partial charge on any atom is 0.203 e. The summed E-state index contributed by atoms with van der Waals surface area (Å²) < 4.78 is 7.69. The van der Waals surface area contributed by atoms with Gasteiger partial charge >= 0.3 is 0 Å². The Kier molecular flexibility index (Phi) is 3.75. The molecule has 1 aliphatic heterocycles. The van der Waals surface area contributed by atoms with Crippen LogP contribution < -0.4 is 5.32 Å². The number of hydrogen-bond donors (Lipinski definition) is 1. The maximum absolute atomic E-state index is 5.38. The van der Waals surface area contributed by atoms with Crippen LogP contribution in [0.3, 0.4) is 0 Å². The molecule has 0 radical (unpaired) electrons. The standard InChI is InChI=1S/C14H24N4O/c1-11(9-17-5-7-19-8-6-17)15-14-16-12(2)10-18(14)13-3-4-13/h10-11,13H,3-9H2,1-2H3,(H,15,16). The number of aromatic nitrogens is 2. The van der Waals surface area contributed by atoms with Crippen molar-refractivity contribution in [2.24, 2.45) is 0 Å². The van der Waals surface area contributed by atoms with Gasteiger partial charge in [0.2, 0.25) is 5.95 Å². The molecule has 1 atom stereocenters. The van der Waals surface area contributed by atoms with Gasteiger partial charge in [-0.3, -0.25) is 4.90 Å². The van der Waals surface area contributed by atoms with E-state index >= 15 is 0 Å². The minimum Gasteiger partial charge on any atom is -0.379 e. The van der Waals surface area contributed by atoms with Gasteiger partial charge in [0.15, 0.2) is 0 Å². The lowest BCUT2D eigenvalue weighted by atomic mass is 10.3. The summed E-state index contributed by atoms with van der Waals surface area (Å²) in [6, 6.07) is 1.09. The Labute approximate surface area is 114 Å². The Morgan fingerprint density at radius 1 is 1.42 bits per heavy atom. The van der Waals surface area contributed by atoms with Crippen LogP contribution in [0.4, 0.5) is 5.95 Å². The molecule has 5 nitrogen and oxygen atoms in total. The molecule has 1 saturated heterocycles. The Bertz CT molecular complexity index is 421. The van der Waals surface area contributed by atoms with Crippen LogP contribution >= 0.6 is 0 Å². The van der Waals surface area contributed by atoms with E-state index in [9.17, 15) is 0 Å². The second-order valence-corrected chi connectivity index (χ2v) is 5.80. The monoisotopic (exact) mass is 264 g/mol. The molecule has 0 amide bonds. The van der Waals surface area contributed by atoms with Crippen molar-refractivity contribution in [2.45, 2.75) is 38.8 Å². The molecule has 0 aromatic carbocycles. The number of nitrogens with one attached hydrogen (secondary N) is 1. The predicted octanol–water partition coefficient (Wildman–Crippen LogP) is 1.66. The molecular formula is C14H24N4O. The lowest BCUT2D eigenvalue weighted by Crippen LogP contribution is -2.42. The summed E-state index contributed by atoms with van der Waals surface area (Å²) in [6.45, 7) is 9.17. The predicted molar refractivity (Wildman–Crippen MR) is 75.6 cm³/mol. The topological polar surface area (TPSA) is 42.3 Å². The van der Waals surface area contributed by atoms with Crippen molar-refractivity contribution in [3.63, 3.8) is 0 Å². The first kappa shape index (κ1) is 12.9. The van der Waals surface area contributed by atoms with E-state index in [0.29, 0.717) is 12.1 Å². The third kappa shape index (κ3) is 3.28. The molecule has 1 aromatic heterocycles. The lowest BCUT2D eigenvalue weighted by Gasteiger charge is -2.29. The highest BCUT2D eigenvalue weighted by Gasteiger charge is 2.26. The van der Waals surface area contributed by atoms with Crippen molar-refractivity contribution in [2.75, 3.05) is 38.2 Å². The number of rotatable bonds is 5. The zero-order valence-electron chi connectivity index (χ0n) is 11.9. The average molecular weight is 264 g/mol. The molecule has 3 rings (SSSR count). The van der Waals surface area contributed by atoms with Crippen LogP contribution in [0.25, 0.3) is 0 Å². The number of ether oxygens (including phenoxy) is 1. The molecule has 1 unspecified atom stereocenters. The minimum absolute atomic E-state index is 0.414. The summed E-state index contributed by atoms with van der Waals surface area (Å²) in [5.41, 5.74) is 1.10. The van der Waals surface area contributed by atoms with E-state index in [2.05, 4.69) is 39.8 Å². The van der Waals surface area contributed by atoms with E-state index in [1.54, 1.807) is 0 Å². The SMILES string of the molecule is Cc1cn(C2CC2)c(NC(C)CN2CCOCC2)n1. The summed E-state index contributed by atoms with van der Waals surface area (Å²) in [6.07, 6.45) is 4.76. The van der Waals surface area contributed by atoms with Crippen LogP contribution in [0, 0.1) is 6.92 Å². The highest BCUT2D eigenvalue weighted by molar-refractivity contribution is 5.31. The van der Waals surface area contributed by atoms with Crippen LogP contribution in [0.2, 0.25) is 0 Å². The molecule has 2 fully saturated rings. The third-order valence-corrected chi connectivity index (χ3v) is 3.80. The van der Waals surface area contributed by atoms with E-state index in [0.717, 1.165) is 44.5 Å². The molecule has 5 heteroatoms. The van der Waals surface area contributed by atoms with Gasteiger partial charge in [0, 0.05) is 37.9 Å². The third-order valence-electron chi connectivity index (χ3n) is 3.80. The Hall–Kier alpha value is -1.07. The van der Waals surface area contributed by atoms with Gasteiger partial charge in [0.25, 0.3) is 0 Å². The molecule has 19 heavy (non-hydrogen) atoms. The van der Waals surface area contributed by atoms with Crippen molar-refractivity contribution in [1.29, 1.82) is 0 Å². The van der Waals surface area contributed by atoms with Crippen LogP contribution in [0.1, 0.15) is 31.5 Å². The number of aryl methyl sites for hydroxylation is 1. The van der Waals surface area contributed by atoms with Crippen LogP contribution in [-0.4, -0.2) is 53.3 Å². The molecular weight excluding hydrogens is 240 g/mol. The molecule has 1 aromatic rings. The average Bonchev–Trinajstić information content (AvgIpc) is 3.15. The van der Waals surface area contributed by atoms with E-state index < -0.39 is 0 Å². The highest BCUT2D eigenvalue weighted by atomic mass is 16.5. The minimum atomic E-state index is 0.414. The van der Waals surface area contributed by atoms with Gasteiger partial charge in [-0.05, 0) is 26.7 Å². The van der Waals surface area contributed by atoms with Crippen molar-refractivity contribution < 1.29 is 4.74 Å². The van der Waals surface area contributed by atoms with Gasteiger partial charge in [-0.2, -0.15) is 0 Å². The van der Waals surface area contributed by atoms with E-state index in [1.807, 2.05) is 0 Å². The van der Waals surface area contributed by atoms with Crippen LogP contribution in [-0.2, 0) is 4.74 Å². The molecule has 2 aliphatic rings.